The van der Waals surface area contributed by atoms with Crippen LogP contribution in [0.1, 0.15) is 67.8 Å². The second-order valence-electron chi connectivity index (χ2n) is 9.96. The third kappa shape index (κ3) is 4.97. The zero-order valence-electron chi connectivity index (χ0n) is 20.9. The summed E-state index contributed by atoms with van der Waals surface area (Å²) in [5, 5.41) is 28.8. The molecule has 1 aliphatic rings. The molecule has 3 heterocycles. The lowest BCUT2D eigenvalue weighted by Gasteiger charge is -2.33. The molecule has 1 fully saturated rings. The number of benzene rings is 1. The summed E-state index contributed by atoms with van der Waals surface area (Å²) in [5.41, 5.74) is 1.83. The number of hydrogen-bond acceptors (Lipinski definition) is 6. The van der Waals surface area contributed by atoms with E-state index in [1.165, 1.54) is 6.42 Å². The van der Waals surface area contributed by atoms with Crippen molar-refractivity contribution in [1.82, 2.24) is 35.3 Å². The number of nitrogens with one attached hydrogen (secondary N) is 2. The quantitative estimate of drug-likeness (QED) is 0.315. The van der Waals surface area contributed by atoms with Crippen molar-refractivity contribution in [2.75, 3.05) is 6.54 Å². The highest BCUT2D eigenvalue weighted by atomic mass is 19.4. The standard InChI is InChI=1S/C26H30F3N7O/c1-14(37)12-30-15(2)22-24-19(11-20(32-22)26(27,28)29)23(33-34-24)18-9-5-8-17(10-18)21(16-6-4-7-16)25-35-31-13-36(25)3/h5,8-11,13-16,21,30,37H,4,6-7,12H2,1-3H3,(H,33,34)/t14-,15+,21+/m0/s1. The van der Waals surface area contributed by atoms with Gasteiger partial charge in [-0.1, -0.05) is 24.6 Å². The fourth-order valence-electron chi connectivity index (χ4n) is 5.02. The summed E-state index contributed by atoms with van der Waals surface area (Å²) >= 11 is 0. The fraction of sp³-hybridized carbons (Fsp3) is 0.462. The number of hydrogen-bond donors (Lipinski definition) is 3. The molecule has 0 amide bonds. The molecule has 0 saturated heterocycles. The largest absolute Gasteiger partial charge is 0.433 e. The summed E-state index contributed by atoms with van der Waals surface area (Å²) in [6.45, 7) is 3.54. The molecule has 3 aromatic heterocycles. The summed E-state index contributed by atoms with van der Waals surface area (Å²) in [6.07, 6.45) is -0.236. The summed E-state index contributed by atoms with van der Waals surface area (Å²) in [4.78, 5) is 3.93. The number of aromatic amines is 1. The van der Waals surface area contributed by atoms with Crippen molar-refractivity contribution in [2.45, 2.75) is 57.3 Å². The molecule has 4 aromatic rings. The molecule has 1 aromatic carbocycles. The number of nitrogens with zero attached hydrogens (tertiary/aromatic N) is 5. The number of alkyl halides is 3. The van der Waals surface area contributed by atoms with Crippen LogP contribution in [0.3, 0.4) is 0 Å². The predicted molar refractivity (Wildman–Crippen MR) is 133 cm³/mol. The van der Waals surface area contributed by atoms with Crippen molar-refractivity contribution >= 4 is 10.9 Å². The molecule has 0 aliphatic heterocycles. The van der Waals surface area contributed by atoms with Gasteiger partial charge in [0.05, 0.1) is 17.3 Å². The van der Waals surface area contributed by atoms with Crippen LogP contribution in [0.15, 0.2) is 36.7 Å². The Kier molecular flexibility index (Phi) is 6.76. The Bertz CT molecular complexity index is 1390. The minimum Gasteiger partial charge on any atom is -0.392 e. The lowest BCUT2D eigenvalue weighted by atomic mass is 9.72. The van der Waals surface area contributed by atoms with Gasteiger partial charge >= 0.3 is 6.18 Å². The van der Waals surface area contributed by atoms with Crippen LogP contribution in [0.2, 0.25) is 0 Å². The van der Waals surface area contributed by atoms with Gasteiger partial charge in [-0.3, -0.25) is 5.10 Å². The third-order valence-electron chi connectivity index (χ3n) is 7.17. The minimum atomic E-state index is -4.62. The maximum absolute atomic E-state index is 13.8. The van der Waals surface area contributed by atoms with E-state index >= 15 is 0 Å². The Labute approximate surface area is 212 Å². The van der Waals surface area contributed by atoms with E-state index in [-0.39, 0.29) is 18.2 Å². The van der Waals surface area contributed by atoms with Gasteiger partial charge in [0.2, 0.25) is 0 Å². The van der Waals surface area contributed by atoms with Gasteiger partial charge in [-0.05, 0) is 50.3 Å². The van der Waals surface area contributed by atoms with Gasteiger partial charge in [-0.15, -0.1) is 10.2 Å². The van der Waals surface area contributed by atoms with Crippen molar-refractivity contribution in [3.63, 3.8) is 0 Å². The molecular formula is C26H30F3N7O. The zero-order chi connectivity index (χ0) is 26.3. The predicted octanol–water partition coefficient (Wildman–Crippen LogP) is 4.74. The maximum Gasteiger partial charge on any atom is 0.433 e. The van der Waals surface area contributed by atoms with Crippen LogP contribution < -0.4 is 5.32 Å². The average molecular weight is 514 g/mol. The van der Waals surface area contributed by atoms with Crippen molar-refractivity contribution in [3.05, 3.63) is 59.4 Å². The summed E-state index contributed by atoms with van der Waals surface area (Å²) in [6, 6.07) is 8.31. The van der Waals surface area contributed by atoms with E-state index in [0.717, 1.165) is 30.3 Å². The van der Waals surface area contributed by atoms with Gasteiger partial charge < -0.3 is 15.0 Å². The van der Waals surface area contributed by atoms with E-state index in [9.17, 15) is 18.3 Å². The highest BCUT2D eigenvalue weighted by Gasteiger charge is 2.35. The first kappa shape index (κ1) is 25.3. The minimum absolute atomic E-state index is 0.0408. The first-order chi connectivity index (χ1) is 17.6. The van der Waals surface area contributed by atoms with Gasteiger partial charge in [0.1, 0.15) is 23.5 Å². The van der Waals surface area contributed by atoms with Gasteiger partial charge in [0.25, 0.3) is 0 Å². The Morgan fingerprint density at radius 1 is 1.22 bits per heavy atom. The van der Waals surface area contributed by atoms with Crippen molar-refractivity contribution in [2.24, 2.45) is 13.0 Å². The highest BCUT2D eigenvalue weighted by Crippen LogP contribution is 2.43. The Morgan fingerprint density at radius 2 is 2.00 bits per heavy atom. The Hall–Kier alpha value is -3.31. The fourth-order valence-corrected chi connectivity index (χ4v) is 5.02. The molecule has 0 bridgehead atoms. The molecule has 3 atom stereocenters. The number of halogens is 3. The van der Waals surface area contributed by atoms with Gasteiger partial charge in [0.15, 0.2) is 0 Å². The van der Waals surface area contributed by atoms with Crippen LogP contribution in [0.25, 0.3) is 22.2 Å². The molecule has 37 heavy (non-hydrogen) atoms. The first-order valence-electron chi connectivity index (χ1n) is 12.5. The van der Waals surface area contributed by atoms with Crippen LogP contribution in [0.5, 0.6) is 0 Å². The Balaban J connectivity index is 1.61. The van der Waals surface area contributed by atoms with Gasteiger partial charge in [-0.2, -0.15) is 18.3 Å². The highest BCUT2D eigenvalue weighted by molar-refractivity contribution is 5.94. The molecule has 11 heteroatoms. The monoisotopic (exact) mass is 513 g/mol. The van der Waals surface area contributed by atoms with E-state index < -0.39 is 24.0 Å². The van der Waals surface area contributed by atoms with Crippen molar-refractivity contribution in [3.8, 4) is 11.3 Å². The van der Waals surface area contributed by atoms with Crippen LogP contribution in [-0.2, 0) is 13.2 Å². The second kappa shape index (κ2) is 9.86. The molecular weight excluding hydrogens is 483 g/mol. The smallest absolute Gasteiger partial charge is 0.392 e. The SMILES string of the molecule is C[C@H](O)CN[C@H](C)c1nc(C(F)(F)F)cc2c(-c3cccc([C@H](c4nncn4C)C4CCC4)c3)n[nH]c12. The molecule has 0 radical (unpaired) electrons. The number of H-pyrrole nitrogens is 1. The number of aromatic nitrogens is 6. The summed E-state index contributed by atoms with van der Waals surface area (Å²) in [7, 11) is 1.92. The number of aliphatic hydroxyl groups is 1. The number of aryl methyl sites for hydroxylation is 1. The van der Waals surface area contributed by atoms with E-state index in [2.05, 4.69) is 30.7 Å². The molecule has 3 N–H and O–H groups in total. The second-order valence-corrected chi connectivity index (χ2v) is 9.96. The topological polar surface area (TPSA) is 105 Å². The van der Waals surface area contributed by atoms with Crippen LogP contribution in [-0.4, -0.2) is 47.7 Å². The van der Waals surface area contributed by atoms with Crippen LogP contribution in [0.4, 0.5) is 13.2 Å². The maximum atomic E-state index is 13.8. The lowest BCUT2D eigenvalue weighted by Crippen LogP contribution is -2.28. The molecule has 5 rings (SSSR count). The van der Waals surface area contributed by atoms with E-state index in [0.29, 0.717) is 28.1 Å². The van der Waals surface area contributed by atoms with E-state index in [1.807, 2.05) is 35.9 Å². The number of fused-ring (bicyclic) bond motifs is 1. The number of pyridine rings is 1. The molecule has 1 saturated carbocycles. The molecule has 8 nitrogen and oxygen atoms in total. The van der Waals surface area contributed by atoms with Crippen LogP contribution in [0, 0.1) is 5.92 Å². The number of rotatable bonds is 8. The zero-order valence-corrected chi connectivity index (χ0v) is 20.9. The summed E-state index contributed by atoms with van der Waals surface area (Å²) < 4.78 is 43.5. The van der Waals surface area contributed by atoms with Crippen molar-refractivity contribution < 1.29 is 18.3 Å². The van der Waals surface area contributed by atoms with Crippen molar-refractivity contribution in [1.29, 1.82) is 0 Å². The average Bonchev–Trinajstić information content (AvgIpc) is 3.44. The normalized spacial score (nSPS) is 17.1. The molecule has 196 valence electrons. The lowest BCUT2D eigenvalue weighted by molar-refractivity contribution is -0.141. The van der Waals surface area contributed by atoms with E-state index in [4.69, 9.17) is 0 Å². The Morgan fingerprint density at radius 3 is 2.62 bits per heavy atom. The first-order valence-corrected chi connectivity index (χ1v) is 12.5. The summed E-state index contributed by atoms with van der Waals surface area (Å²) in [5.74, 6) is 1.35. The van der Waals surface area contributed by atoms with E-state index in [1.54, 1.807) is 20.2 Å². The van der Waals surface area contributed by atoms with Gasteiger partial charge in [-0.25, -0.2) is 4.98 Å². The number of aliphatic hydroxyl groups excluding tert-OH is 1. The molecule has 0 spiro atoms. The van der Waals surface area contributed by atoms with Crippen LogP contribution >= 0.6 is 0 Å². The third-order valence-corrected chi connectivity index (χ3v) is 7.17. The molecule has 0 unspecified atom stereocenters. The molecule has 1 aliphatic carbocycles. The van der Waals surface area contributed by atoms with Gasteiger partial charge in [0, 0.05) is 36.5 Å².